The van der Waals surface area contributed by atoms with Gasteiger partial charge in [-0.15, -0.1) is 0 Å². The lowest BCUT2D eigenvalue weighted by Gasteiger charge is -2.19. The summed E-state index contributed by atoms with van der Waals surface area (Å²) in [5.41, 5.74) is 5.36. The minimum absolute atomic E-state index is 0.0737. The van der Waals surface area contributed by atoms with Crippen LogP contribution in [0, 0.1) is 0 Å². The topological polar surface area (TPSA) is 86.9 Å². The molecule has 0 atom stereocenters. The molecule has 0 unspecified atom stereocenters. The van der Waals surface area contributed by atoms with Crippen molar-refractivity contribution in [3.63, 3.8) is 0 Å². The van der Waals surface area contributed by atoms with Crippen LogP contribution in [0.25, 0.3) is 0 Å². The molecule has 1 heterocycles. The number of rotatable bonds is 6. The first kappa shape index (κ1) is 15.4. The molecule has 2 N–H and O–H groups in total. The molecule has 19 heavy (non-hydrogen) atoms. The number of carbonyl (C=O) groups is 3. The van der Waals surface area contributed by atoms with E-state index in [1.54, 1.807) is 14.1 Å². The van der Waals surface area contributed by atoms with Gasteiger partial charge in [0.15, 0.2) is 0 Å². The molecular formula is C11H18N4O3S. The Kier molecular flexibility index (Phi) is 5.22. The highest BCUT2D eigenvalue weighted by molar-refractivity contribution is 7.80. The van der Waals surface area contributed by atoms with Gasteiger partial charge in [0, 0.05) is 40.0 Å². The third kappa shape index (κ3) is 4.16. The molecule has 0 radical (unpaired) electrons. The minimum atomic E-state index is -0.358. The van der Waals surface area contributed by atoms with Gasteiger partial charge >= 0.3 is 6.03 Å². The fourth-order valence-corrected chi connectivity index (χ4v) is 1.78. The Hall–Kier alpha value is -1.70. The van der Waals surface area contributed by atoms with E-state index in [1.807, 2.05) is 0 Å². The SMILES string of the molecule is CN(CCC(N)=S)C(=O)CCN1C(=O)CN(C)C1=O. The lowest BCUT2D eigenvalue weighted by Crippen LogP contribution is -2.37. The van der Waals surface area contributed by atoms with E-state index >= 15 is 0 Å². The lowest BCUT2D eigenvalue weighted by molar-refractivity contribution is -0.130. The number of carbonyl (C=O) groups excluding carboxylic acids is 3. The van der Waals surface area contributed by atoms with E-state index in [-0.39, 0.29) is 37.4 Å². The number of nitrogens with two attached hydrogens (primary N) is 1. The maximum Gasteiger partial charge on any atom is 0.326 e. The summed E-state index contributed by atoms with van der Waals surface area (Å²) in [6.07, 6.45) is 0.570. The molecule has 106 valence electrons. The first-order chi connectivity index (χ1) is 8.82. The van der Waals surface area contributed by atoms with Crippen LogP contribution in [-0.2, 0) is 9.59 Å². The third-order valence-electron chi connectivity index (χ3n) is 2.90. The van der Waals surface area contributed by atoms with Crippen LogP contribution in [0.5, 0.6) is 0 Å². The molecule has 0 aromatic rings. The van der Waals surface area contributed by atoms with Gasteiger partial charge in [-0.1, -0.05) is 12.2 Å². The van der Waals surface area contributed by atoms with E-state index in [4.69, 9.17) is 18.0 Å². The molecule has 0 spiro atoms. The molecule has 0 aliphatic carbocycles. The second-order valence-corrected chi connectivity index (χ2v) is 4.99. The highest BCUT2D eigenvalue weighted by atomic mass is 32.1. The summed E-state index contributed by atoms with van der Waals surface area (Å²) in [6.45, 7) is 0.624. The number of nitrogens with zero attached hydrogens (tertiary/aromatic N) is 3. The number of hydrogen-bond donors (Lipinski definition) is 1. The van der Waals surface area contributed by atoms with Gasteiger partial charge in [0.2, 0.25) is 11.8 Å². The number of imide groups is 1. The number of hydrogen-bond acceptors (Lipinski definition) is 4. The predicted molar refractivity (Wildman–Crippen MR) is 73.4 cm³/mol. The quantitative estimate of drug-likeness (QED) is 0.521. The van der Waals surface area contributed by atoms with E-state index in [0.717, 1.165) is 4.90 Å². The highest BCUT2D eigenvalue weighted by Gasteiger charge is 2.33. The zero-order valence-electron chi connectivity index (χ0n) is 11.1. The molecule has 0 bridgehead atoms. The molecule has 7 nitrogen and oxygen atoms in total. The minimum Gasteiger partial charge on any atom is -0.393 e. The van der Waals surface area contributed by atoms with Crippen molar-refractivity contribution in [3.8, 4) is 0 Å². The van der Waals surface area contributed by atoms with Crippen LogP contribution >= 0.6 is 12.2 Å². The second kappa shape index (κ2) is 6.46. The number of thiocarbonyl (C=S) groups is 1. The summed E-state index contributed by atoms with van der Waals surface area (Å²) in [4.78, 5) is 39.1. The standard InChI is InChI=1S/C11H18N4O3S/c1-13(5-3-8(12)19)9(16)4-6-15-10(17)7-14(2)11(15)18/h3-7H2,1-2H3,(H2,12,19). The van der Waals surface area contributed by atoms with E-state index in [9.17, 15) is 14.4 Å². The number of likely N-dealkylation sites (N-methyl/N-ethyl adjacent to an activating group) is 1. The third-order valence-corrected chi connectivity index (χ3v) is 3.10. The van der Waals surface area contributed by atoms with Crippen LogP contribution in [0.1, 0.15) is 12.8 Å². The maximum atomic E-state index is 11.8. The van der Waals surface area contributed by atoms with Crippen LogP contribution in [0.15, 0.2) is 0 Å². The zero-order chi connectivity index (χ0) is 14.6. The summed E-state index contributed by atoms with van der Waals surface area (Å²) < 4.78 is 0. The molecule has 1 fully saturated rings. The van der Waals surface area contributed by atoms with E-state index in [2.05, 4.69) is 0 Å². The molecule has 1 rings (SSSR count). The lowest BCUT2D eigenvalue weighted by atomic mass is 10.3. The van der Waals surface area contributed by atoms with Crippen LogP contribution in [0.4, 0.5) is 4.79 Å². The van der Waals surface area contributed by atoms with Gasteiger partial charge in [-0.05, 0) is 0 Å². The van der Waals surface area contributed by atoms with Gasteiger partial charge in [-0.25, -0.2) is 4.79 Å². The van der Waals surface area contributed by atoms with E-state index < -0.39 is 0 Å². The van der Waals surface area contributed by atoms with E-state index in [1.165, 1.54) is 9.80 Å². The Bertz CT molecular complexity index is 413. The first-order valence-corrected chi connectivity index (χ1v) is 6.31. The summed E-state index contributed by atoms with van der Waals surface area (Å²) in [6, 6.07) is -0.358. The maximum absolute atomic E-state index is 11.8. The number of amides is 4. The van der Waals surface area contributed by atoms with Crippen LogP contribution in [-0.4, -0.2) is 71.3 Å². The molecule has 8 heteroatoms. The summed E-state index contributed by atoms with van der Waals surface area (Å²) in [7, 11) is 3.19. The smallest absolute Gasteiger partial charge is 0.326 e. The predicted octanol–water partition coefficient (Wildman–Crippen LogP) is -0.595. The van der Waals surface area contributed by atoms with E-state index in [0.29, 0.717) is 18.0 Å². The van der Waals surface area contributed by atoms with Gasteiger partial charge in [0.25, 0.3) is 0 Å². The van der Waals surface area contributed by atoms with Gasteiger partial charge in [0.1, 0.15) is 6.54 Å². The fourth-order valence-electron chi connectivity index (χ4n) is 1.69. The van der Waals surface area contributed by atoms with Crippen molar-refractivity contribution >= 4 is 35.1 Å². The van der Waals surface area contributed by atoms with Crippen molar-refractivity contribution in [2.24, 2.45) is 5.73 Å². The molecule has 0 aromatic heterocycles. The first-order valence-electron chi connectivity index (χ1n) is 5.90. The number of urea groups is 1. The summed E-state index contributed by atoms with van der Waals surface area (Å²) in [5.74, 6) is -0.419. The van der Waals surface area contributed by atoms with Crippen molar-refractivity contribution in [1.82, 2.24) is 14.7 Å². The van der Waals surface area contributed by atoms with Crippen LogP contribution in [0.3, 0.4) is 0 Å². The molecule has 0 aromatic carbocycles. The molecule has 4 amide bonds. The Morgan fingerprint density at radius 3 is 2.53 bits per heavy atom. The molecule has 1 saturated heterocycles. The Labute approximate surface area is 117 Å². The van der Waals surface area contributed by atoms with Crippen molar-refractivity contribution in [2.45, 2.75) is 12.8 Å². The Morgan fingerprint density at radius 2 is 2.05 bits per heavy atom. The monoisotopic (exact) mass is 286 g/mol. The van der Waals surface area contributed by atoms with Crippen molar-refractivity contribution in [2.75, 3.05) is 33.7 Å². The normalized spacial score (nSPS) is 15.1. The Balaban J connectivity index is 2.40. The molecule has 1 aliphatic heterocycles. The summed E-state index contributed by atoms with van der Waals surface area (Å²) in [5, 5.41) is 0. The van der Waals surface area contributed by atoms with Crippen molar-refractivity contribution < 1.29 is 14.4 Å². The average molecular weight is 286 g/mol. The van der Waals surface area contributed by atoms with Gasteiger partial charge in [-0.2, -0.15) is 0 Å². The highest BCUT2D eigenvalue weighted by Crippen LogP contribution is 2.08. The van der Waals surface area contributed by atoms with Gasteiger partial charge in [-0.3, -0.25) is 14.5 Å². The summed E-state index contributed by atoms with van der Waals surface area (Å²) >= 11 is 4.73. The molecule has 1 aliphatic rings. The largest absolute Gasteiger partial charge is 0.393 e. The zero-order valence-corrected chi connectivity index (χ0v) is 11.9. The second-order valence-electron chi connectivity index (χ2n) is 4.47. The van der Waals surface area contributed by atoms with Gasteiger partial charge < -0.3 is 15.5 Å². The van der Waals surface area contributed by atoms with Crippen LogP contribution in [0.2, 0.25) is 0 Å². The van der Waals surface area contributed by atoms with Crippen LogP contribution < -0.4 is 5.73 Å². The van der Waals surface area contributed by atoms with Crippen molar-refractivity contribution in [3.05, 3.63) is 0 Å². The molecular weight excluding hydrogens is 268 g/mol. The fraction of sp³-hybridized carbons (Fsp3) is 0.636. The van der Waals surface area contributed by atoms with Gasteiger partial charge in [0.05, 0.1) is 4.99 Å². The average Bonchev–Trinajstić information content (AvgIpc) is 2.58. The van der Waals surface area contributed by atoms with Crippen molar-refractivity contribution in [1.29, 1.82) is 0 Å². The Morgan fingerprint density at radius 1 is 1.42 bits per heavy atom. The molecule has 0 saturated carbocycles.